The van der Waals surface area contributed by atoms with Crippen LogP contribution in [0.25, 0.3) is 0 Å². The van der Waals surface area contributed by atoms with Crippen molar-refractivity contribution in [2.45, 2.75) is 30.7 Å². The second-order valence-corrected chi connectivity index (χ2v) is 4.85. The molecule has 1 saturated heterocycles. The average molecular weight is 255 g/mol. The summed E-state index contributed by atoms with van der Waals surface area (Å²) in [6.07, 6.45) is 2.72. The van der Waals surface area contributed by atoms with Crippen molar-refractivity contribution in [3.05, 3.63) is 35.4 Å². The zero-order valence-corrected chi connectivity index (χ0v) is 9.96. The number of alkyl halides is 1. The lowest BCUT2D eigenvalue weighted by Gasteiger charge is -2.17. The van der Waals surface area contributed by atoms with E-state index in [1.807, 2.05) is 0 Å². The van der Waals surface area contributed by atoms with Crippen molar-refractivity contribution in [2.75, 3.05) is 6.61 Å². The van der Waals surface area contributed by atoms with Gasteiger partial charge in [-0.15, -0.1) is 0 Å². The highest BCUT2D eigenvalue weighted by atomic mass is 79.9. The van der Waals surface area contributed by atoms with Gasteiger partial charge >= 0.3 is 0 Å². The minimum Gasteiger partial charge on any atom is -0.377 e. The molecule has 0 aliphatic carbocycles. The minimum absolute atomic E-state index is 0.352. The second-order valence-electron chi connectivity index (χ2n) is 3.86. The second kappa shape index (κ2) is 4.45. The fourth-order valence-electron chi connectivity index (χ4n) is 1.80. The maximum absolute atomic E-state index is 5.65. The first-order chi connectivity index (χ1) is 6.77. The Morgan fingerprint density at radius 2 is 2.07 bits per heavy atom. The summed E-state index contributed by atoms with van der Waals surface area (Å²) in [6.45, 7) is 3.03. The summed E-state index contributed by atoms with van der Waals surface area (Å²) in [5.74, 6) is 0. The third kappa shape index (κ3) is 2.18. The molecule has 2 unspecified atom stereocenters. The van der Waals surface area contributed by atoms with Crippen LogP contribution in [-0.4, -0.2) is 12.7 Å². The third-order valence-electron chi connectivity index (χ3n) is 2.69. The van der Waals surface area contributed by atoms with Gasteiger partial charge in [-0.2, -0.15) is 0 Å². The molecule has 2 atom stereocenters. The van der Waals surface area contributed by atoms with E-state index >= 15 is 0 Å². The molecule has 0 amide bonds. The normalized spacial score (nSPS) is 23.7. The van der Waals surface area contributed by atoms with E-state index in [0.29, 0.717) is 10.9 Å². The molecule has 14 heavy (non-hydrogen) atoms. The molecule has 2 rings (SSSR count). The molecular weight excluding hydrogens is 240 g/mol. The number of hydrogen-bond acceptors (Lipinski definition) is 1. The molecule has 2 heteroatoms. The first-order valence-electron chi connectivity index (χ1n) is 5.09. The zero-order chi connectivity index (χ0) is 9.97. The fourth-order valence-corrected chi connectivity index (χ4v) is 2.52. The summed E-state index contributed by atoms with van der Waals surface area (Å²) < 4.78 is 5.65. The number of rotatable bonds is 2. The Hall–Kier alpha value is -0.340. The van der Waals surface area contributed by atoms with Crippen molar-refractivity contribution in [3.8, 4) is 0 Å². The Labute approximate surface area is 93.6 Å². The van der Waals surface area contributed by atoms with Crippen molar-refractivity contribution in [2.24, 2.45) is 0 Å². The third-order valence-corrected chi connectivity index (χ3v) is 3.81. The molecule has 0 radical (unpaired) electrons. The van der Waals surface area contributed by atoms with E-state index in [2.05, 4.69) is 47.1 Å². The molecule has 76 valence electrons. The number of hydrogen-bond donors (Lipinski definition) is 0. The van der Waals surface area contributed by atoms with E-state index in [1.54, 1.807) is 0 Å². The fraction of sp³-hybridized carbons (Fsp3) is 0.500. The predicted octanol–water partition coefficient (Wildman–Crippen LogP) is 3.61. The lowest BCUT2D eigenvalue weighted by atomic mass is 10.0. The molecule has 1 aliphatic rings. The maximum Gasteiger partial charge on any atom is 0.0741 e. The summed E-state index contributed by atoms with van der Waals surface area (Å²) in [5, 5.41) is 0. The van der Waals surface area contributed by atoms with Crippen LogP contribution in [0.1, 0.15) is 28.8 Å². The highest BCUT2D eigenvalue weighted by Crippen LogP contribution is 2.33. The Bertz CT molecular complexity index is 288. The van der Waals surface area contributed by atoms with E-state index in [0.717, 1.165) is 6.61 Å². The van der Waals surface area contributed by atoms with Crippen molar-refractivity contribution in [1.29, 1.82) is 0 Å². The summed E-state index contributed by atoms with van der Waals surface area (Å²) in [6, 6.07) is 8.66. The van der Waals surface area contributed by atoms with Gasteiger partial charge in [-0.05, 0) is 25.3 Å². The molecule has 1 aromatic carbocycles. The molecule has 0 N–H and O–H groups in total. The van der Waals surface area contributed by atoms with E-state index in [1.165, 1.54) is 24.0 Å². The van der Waals surface area contributed by atoms with Crippen LogP contribution in [0, 0.1) is 6.92 Å². The number of benzene rings is 1. The topological polar surface area (TPSA) is 9.23 Å². The molecule has 1 aromatic rings. The van der Waals surface area contributed by atoms with Gasteiger partial charge in [-0.1, -0.05) is 45.8 Å². The zero-order valence-electron chi connectivity index (χ0n) is 8.37. The lowest BCUT2D eigenvalue weighted by molar-refractivity contribution is 0.110. The smallest absolute Gasteiger partial charge is 0.0741 e. The molecule has 1 nitrogen and oxygen atoms in total. The van der Waals surface area contributed by atoms with Gasteiger partial charge in [-0.25, -0.2) is 0 Å². The van der Waals surface area contributed by atoms with Crippen LogP contribution in [-0.2, 0) is 4.74 Å². The average Bonchev–Trinajstić information content (AvgIpc) is 2.71. The van der Waals surface area contributed by atoms with Crippen LogP contribution in [0.15, 0.2) is 24.3 Å². The Morgan fingerprint density at radius 3 is 2.64 bits per heavy atom. The highest BCUT2D eigenvalue weighted by molar-refractivity contribution is 9.09. The molecule has 1 aliphatic heterocycles. The van der Waals surface area contributed by atoms with Crippen LogP contribution in [0.2, 0.25) is 0 Å². The predicted molar refractivity (Wildman–Crippen MR) is 61.8 cm³/mol. The van der Waals surface area contributed by atoms with Gasteiger partial charge in [-0.3, -0.25) is 0 Å². The van der Waals surface area contributed by atoms with Crippen molar-refractivity contribution in [1.82, 2.24) is 0 Å². The van der Waals surface area contributed by atoms with Gasteiger partial charge in [0.2, 0.25) is 0 Å². The van der Waals surface area contributed by atoms with Gasteiger partial charge in [0.25, 0.3) is 0 Å². The van der Waals surface area contributed by atoms with Crippen LogP contribution in [0.3, 0.4) is 0 Å². The first kappa shape index (κ1) is 10.2. The minimum atomic E-state index is 0.352. The number of ether oxygens (including phenoxy) is 1. The SMILES string of the molecule is Cc1ccc(C(Br)C2CCCO2)cc1. The van der Waals surface area contributed by atoms with Gasteiger partial charge in [0, 0.05) is 6.61 Å². The monoisotopic (exact) mass is 254 g/mol. The van der Waals surface area contributed by atoms with Gasteiger partial charge < -0.3 is 4.74 Å². The standard InChI is InChI=1S/C12H15BrO/c1-9-4-6-10(7-5-9)12(13)11-3-2-8-14-11/h4-7,11-12H,2-3,8H2,1H3. The Kier molecular flexibility index (Phi) is 3.24. The van der Waals surface area contributed by atoms with Gasteiger partial charge in [0.05, 0.1) is 10.9 Å². The van der Waals surface area contributed by atoms with E-state index in [-0.39, 0.29) is 0 Å². The summed E-state index contributed by atoms with van der Waals surface area (Å²) in [4.78, 5) is 0.352. The summed E-state index contributed by atoms with van der Waals surface area (Å²) in [7, 11) is 0. The quantitative estimate of drug-likeness (QED) is 0.733. The molecule has 1 fully saturated rings. The van der Waals surface area contributed by atoms with Crippen molar-refractivity contribution < 1.29 is 4.74 Å². The van der Waals surface area contributed by atoms with Crippen LogP contribution >= 0.6 is 15.9 Å². The molecular formula is C12H15BrO. The molecule has 0 aromatic heterocycles. The van der Waals surface area contributed by atoms with E-state index in [9.17, 15) is 0 Å². The van der Waals surface area contributed by atoms with E-state index in [4.69, 9.17) is 4.74 Å². The molecule has 0 bridgehead atoms. The van der Waals surface area contributed by atoms with Crippen molar-refractivity contribution in [3.63, 3.8) is 0 Å². The first-order valence-corrected chi connectivity index (χ1v) is 6.01. The lowest BCUT2D eigenvalue weighted by Crippen LogP contribution is -2.12. The summed E-state index contributed by atoms with van der Waals surface area (Å²) in [5.41, 5.74) is 2.63. The number of halogens is 1. The molecule has 0 spiro atoms. The summed E-state index contributed by atoms with van der Waals surface area (Å²) >= 11 is 3.71. The van der Waals surface area contributed by atoms with Gasteiger partial charge in [0.15, 0.2) is 0 Å². The number of aryl methyl sites for hydroxylation is 1. The highest BCUT2D eigenvalue weighted by Gasteiger charge is 2.24. The largest absolute Gasteiger partial charge is 0.377 e. The van der Waals surface area contributed by atoms with Gasteiger partial charge in [0.1, 0.15) is 0 Å². The van der Waals surface area contributed by atoms with E-state index < -0.39 is 0 Å². The van der Waals surface area contributed by atoms with Crippen LogP contribution in [0.4, 0.5) is 0 Å². The van der Waals surface area contributed by atoms with Crippen LogP contribution in [0.5, 0.6) is 0 Å². The molecule has 1 heterocycles. The maximum atomic E-state index is 5.65. The van der Waals surface area contributed by atoms with Crippen molar-refractivity contribution >= 4 is 15.9 Å². The molecule has 0 saturated carbocycles. The van der Waals surface area contributed by atoms with Crippen LogP contribution < -0.4 is 0 Å². The Morgan fingerprint density at radius 1 is 1.36 bits per heavy atom. The Balaban J connectivity index is 2.09.